The third-order valence-electron chi connectivity index (χ3n) is 1.27. The van der Waals surface area contributed by atoms with Crippen LogP contribution in [0.15, 0.2) is 24.5 Å². The van der Waals surface area contributed by atoms with Crippen LogP contribution in [-0.4, -0.2) is 20.0 Å². The molecule has 4 nitrogen and oxygen atoms in total. The number of rotatable bonds is 2. The Morgan fingerprint density at radius 3 is 2.50 bits per heavy atom. The van der Waals surface area contributed by atoms with Crippen LogP contribution in [-0.2, 0) is 11.3 Å². The number of hydrogen-bond acceptors (Lipinski definition) is 2. The van der Waals surface area contributed by atoms with Gasteiger partial charge >= 0.3 is 6.30 Å². The molecule has 0 aromatic carbocycles. The highest BCUT2D eigenvalue weighted by molar-refractivity contribution is 7.80. The molecule has 1 atom stereocenters. The van der Waals surface area contributed by atoms with Crippen molar-refractivity contribution in [1.82, 2.24) is 4.98 Å². The SMILES string of the molecule is O=S(O)N(c1cccnc1)C(F)(F)F. The summed E-state index contributed by atoms with van der Waals surface area (Å²) in [5, 5.41) is 0. The van der Waals surface area contributed by atoms with E-state index >= 15 is 0 Å². The van der Waals surface area contributed by atoms with E-state index in [-0.39, 0.29) is 0 Å². The smallest absolute Gasteiger partial charge is 0.289 e. The predicted octanol–water partition coefficient (Wildman–Crippen LogP) is 1.54. The highest BCUT2D eigenvalue weighted by Gasteiger charge is 2.41. The topological polar surface area (TPSA) is 53.4 Å². The fraction of sp³-hybridized carbons (Fsp3) is 0.167. The maximum atomic E-state index is 12.2. The van der Waals surface area contributed by atoms with Crippen molar-refractivity contribution in [2.75, 3.05) is 4.31 Å². The summed E-state index contributed by atoms with van der Waals surface area (Å²) < 4.78 is 54.9. The van der Waals surface area contributed by atoms with Crippen LogP contribution in [0.3, 0.4) is 0 Å². The van der Waals surface area contributed by atoms with Crippen molar-refractivity contribution in [3.05, 3.63) is 24.5 Å². The lowest BCUT2D eigenvalue weighted by molar-refractivity contribution is -0.115. The van der Waals surface area contributed by atoms with E-state index in [1.807, 2.05) is 0 Å². The van der Waals surface area contributed by atoms with Gasteiger partial charge in [-0.3, -0.25) is 9.54 Å². The van der Waals surface area contributed by atoms with Crippen LogP contribution in [0, 0.1) is 0 Å². The molecule has 0 amide bonds. The van der Waals surface area contributed by atoms with Crippen molar-refractivity contribution >= 4 is 17.0 Å². The number of hydrogen-bond donors (Lipinski definition) is 1. The average Bonchev–Trinajstić information content (AvgIpc) is 2.02. The van der Waals surface area contributed by atoms with Crippen molar-refractivity contribution in [2.45, 2.75) is 6.30 Å². The van der Waals surface area contributed by atoms with E-state index in [9.17, 15) is 17.4 Å². The highest BCUT2D eigenvalue weighted by Crippen LogP contribution is 2.28. The van der Waals surface area contributed by atoms with Crippen molar-refractivity contribution in [1.29, 1.82) is 0 Å². The van der Waals surface area contributed by atoms with Crippen molar-refractivity contribution in [2.24, 2.45) is 0 Å². The molecule has 1 heterocycles. The Morgan fingerprint density at radius 2 is 2.14 bits per heavy atom. The van der Waals surface area contributed by atoms with Crippen LogP contribution in [0.25, 0.3) is 0 Å². The molecule has 0 bridgehead atoms. The molecule has 0 saturated carbocycles. The Labute approximate surface area is 79.8 Å². The van der Waals surface area contributed by atoms with E-state index in [1.54, 1.807) is 0 Å². The first-order chi connectivity index (χ1) is 6.43. The van der Waals surface area contributed by atoms with Gasteiger partial charge in [0.05, 0.1) is 11.9 Å². The molecule has 8 heteroatoms. The van der Waals surface area contributed by atoms with Gasteiger partial charge in [0.2, 0.25) is 0 Å². The Bertz CT molecular complexity index is 330. The molecule has 1 rings (SSSR count). The number of halogens is 3. The summed E-state index contributed by atoms with van der Waals surface area (Å²) in [7, 11) is 0. The van der Waals surface area contributed by atoms with E-state index in [0.717, 1.165) is 12.3 Å². The normalized spacial score (nSPS) is 13.7. The van der Waals surface area contributed by atoms with Crippen LogP contribution in [0.4, 0.5) is 18.9 Å². The quantitative estimate of drug-likeness (QED) is 0.614. The van der Waals surface area contributed by atoms with Crippen molar-refractivity contribution in [3.8, 4) is 0 Å². The molecule has 1 N–H and O–H groups in total. The fourth-order valence-electron chi connectivity index (χ4n) is 0.799. The summed E-state index contributed by atoms with van der Waals surface area (Å²) in [5.74, 6) is 0. The van der Waals surface area contributed by atoms with E-state index in [2.05, 4.69) is 4.98 Å². The lowest BCUT2D eigenvalue weighted by atomic mass is 10.4. The third-order valence-corrected chi connectivity index (χ3v) is 2.00. The average molecular weight is 226 g/mol. The molecule has 1 aromatic rings. The van der Waals surface area contributed by atoms with E-state index < -0.39 is 27.6 Å². The van der Waals surface area contributed by atoms with Crippen molar-refractivity contribution < 1.29 is 21.9 Å². The molecule has 0 aliphatic heterocycles. The minimum atomic E-state index is -4.91. The van der Waals surface area contributed by atoms with E-state index in [4.69, 9.17) is 4.55 Å². The molecule has 1 unspecified atom stereocenters. The third kappa shape index (κ3) is 2.42. The van der Waals surface area contributed by atoms with Crippen LogP contribution < -0.4 is 4.31 Å². The molecular weight excluding hydrogens is 221 g/mol. The molecule has 0 fully saturated rings. The van der Waals surface area contributed by atoms with Crippen LogP contribution in [0.2, 0.25) is 0 Å². The molecule has 1 aromatic heterocycles. The fourth-order valence-corrected chi connectivity index (χ4v) is 1.26. The number of nitrogens with zero attached hydrogens (tertiary/aromatic N) is 2. The maximum absolute atomic E-state index is 12.2. The summed E-state index contributed by atoms with van der Waals surface area (Å²) in [5.41, 5.74) is -0.485. The number of pyridine rings is 1. The predicted molar refractivity (Wildman–Crippen MR) is 43.5 cm³/mol. The van der Waals surface area contributed by atoms with Crippen LogP contribution >= 0.6 is 0 Å². The second kappa shape index (κ2) is 3.93. The second-order valence-corrected chi connectivity index (χ2v) is 3.03. The molecule has 0 radical (unpaired) electrons. The standard InChI is InChI=1S/C6H5F3N2O2S/c7-6(8,9)11(14(12)13)5-2-1-3-10-4-5/h1-4H,(H,12,13). The van der Waals surface area contributed by atoms with Gasteiger partial charge in [-0.15, -0.1) is 13.2 Å². The molecule has 78 valence electrons. The Hall–Kier alpha value is -1.15. The van der Waals surface area contributed by atoms with Gasteiger partial charge in [0.1, 0.15) is 0 Å². The zero-order chi connectivity index (χ0) is 10.8. The molecule has 0 aliphatic rings. The molecular formula is C6H5F3N2O2S. The van der Waals surface area contributed by atoms with Gasteiger partial charge in [0.25, 0.3) is 11.3 Å². The first-order valence-electron chi connectivity index (χ1n) is 3.31. The molecule has 0 spiro atoms. The minimum Gasteiger partial charge on any atom is -0.289 e. The second-order valence-electron chi connectivity index (χ2n) is 2.20. The van der Waals surface area contributed by atoms with Crippen LogP contribution in [0.1, 0.15) is 0 Å². The summed E-state index contributed by atoms with van der Waals surface area (Å²) in [6, 6.07) is 2.27. The van der Waals surface area contributed by atoms with E-state index in [0.29, 0.717) is 0 Å². The Morgan fingerprint density at radius 1 is 1.50 bits per heavy atom. The lowest BCUT2D eigenvalue weighted by Gasteiger charge is -2.21. The number of anilines is 1. The molecule has 14 heavy (non-hydrogen) atoms. The van der Waals surface area contributed by atoms with Gasteiger partial charge in [0.15, 0.2) is 0 Å². The van der Waals surface area contributed by atoms with E-state index in [1.165, 1.54) is 12.3 Å². The zero-order valence-corrected chi connectivity index (χ0v) is 7.42. The number of aromatic nitrogens is 1. The number of alkyl halides is 3. The summed E-state index contributed by atoms with van der Waals surface area (Å²) in [4.78, 5) is 3.41. The first-order valence-corrected chi connectivity index (χ1v) is 4.37. The van der Waals surface area contributed by atoms with Gasteiger partial charge in [-0.05, 0) is 12.1 Å². The first kappa shape index (κ1) is 10.9. The van der Waals surface area contributed by atoms with Gasteiger partial charge in [-0.1, -0.05) is 0 Å². The van der Waals surface area contributed by atoms with Gasteiger partial charge in [-0.25, -0.2) is 4.21 Å². The maximum Gasteiger partial charge on any atom is 0.498 e. The monoisotopic (exact) mass is 226 g/mol. The van der Waals surface area contributed by atoms with Gasteiger partial charge in [0, 0.05) is 6.20 Å². The Kier molecular flexibility index (Phi) is 3.06. The molecule has 0 saturated heterocycles. The largest absolute Gasteiger partial charge is 0.498 e. The summed E-state index contributed by atoms with van der Waals surface area (Å²) in [6.07, 6.45) is -2.80. The zero-order valence-electron chi connectivity index (χ0n) is 6.60. The highest BCUT2D eigenvalue weighted by atomic mass is 32.2. The van der Waals surface area contributed by atoms with Crippen LogP contribution in [0.5, 0.6) is 0 Å². The van der Waals surface area contributed by atoms with Gasteiger partial charge < -0.3 is 0 Å². The lowest BCUT2D eigenvalue weighted by Crippen LogP contribution is -2.39. The van der Waals surface area contributed by atoms with Gasteiger partial charge in [-0.2, -0.15) is 4.31 Å². The summed E-state index contributed by atoms with van der Waals surface area (Å²) in [6.45, 7) is 0. The Balaban J connectivity index is 3.08. The van der Waals surface area contributed by atoms with Crippen molar-refractivity contribution in [3.63, 3.8) is 0 Å². The molecule has 0 aliphatic carbocycles. The summed E-state index contributed by atoms with van der Waals surface area (Å²) >= 11 is -3.16. The minimum absolute atomic E-state index is 0.485.